The lowest BCUT2D eigenvalue weighted by atomic mass is 9.68. The van der Waals surface area contributed by atoms with E-state index in [1.807, 2.05) is 39.8 Å². The van der Waals surface area contributed by atoms with Crippen molar-refractivity contribution in [2.75, 3.05) is 49.2 Å². The fourth-order valence-electron chi connectivity index (χ4n) is 14.8. The Morgan fingerprint density at radius 2 is 0.977 bits per heavy atom. The molecule has 10 rings (SSSR count). The molecule has 4 aliphatic carbocycles. The summed E-state index contributed by atoms with van der Waals surface area (Å²) in [5.74, 6) is 0.495. The first-order valence-corrected chi connectivity index (χ1v) is 35.3. The number of rotatable bonds is 22. The molecule has 476 valence electrons. The molecule has 18 heteroatoms. The van der Waals surface area contributed by atoms with Gasteiger partial charge in [0.05, 0.1) is 47.3 Å². The summed E-state index contributed by atoms with van der Waals surface area (Å²) in [4.78, 5) is 31.5. The van der Waals surface area contributed by atoms with Gasteiger partial charge in [0.1, 0.15) is 11.5 Å². The molecule has 2 fully saturated rings. The number of aliphatic hydroxyl groups excluding tert-OH is 2. The molecule has 2 heterocycles. The van der Waals surface area contributed by atoms with Crippen molar-refractivity contribution < 1.29 is 46.1 Å². The molecule has 6 aliphatic rings. The third-order valence-corrected chi connectivity index (χ3v) is 24.3. The minimum Gasteiger partial charge on any atom is -0.490 e. The Balaban J connectivity index is 0.000000209. The van der Waals surface area contributed by atoms with Crippen LogP contribution in [0.4, 0.5) is 11.4 Å². The van der Waals surface area contributed by atoms with E-state index in [0.29, 0.717) is 63.7 Å². The summed E-state index contributed by atoms with van der Waals surface area (Å²) in [6.07, 6.45) is 17.2. The normalized spacial score (nSPS) is 24.2. The predicted octanol–water partition coefficient (Wildman–Crippen LogP) is 12.9. The van der Waals surface area contributed by atoms with Crippen LogP contribution in [0.25, 0.3) is 0 Å². The number of hydrogen-bond donors (Lipinski definition) is 4. The number of hydrogen-bond acceptors (Lipinski definition) is 12. The number of allylic oxidation sites excluding steroid dienone is 2. The average Bonchev–Trinajstić information content (AvgIpc) is 1.59. The van der Waals surface area contributed by atoms with Crippen molar-refractivity contribution in [1.82, 2.24) is 9.44 Å². The Morgan fingerprint density at radius 3 is 1.32 bits per heavy atom. The smallest absolute Gasteiger partial charge is 0.264 e. The number of benzene rings is 4. The number of anilines is 2. The van der Waals surface area contributed by atoms with Crippen LogP contribution in [0.15, 0.2) is 123 Å². The molecule has 88 heavy (non-hydrogen) atoms. The Bertz CT molecular complexity index is 3240. The van der Waals surface area contributed by atoms with Gasteiger partial charge in [0.2, 0.25) is 20.0 Å². The lowest BCUT2D eigenvalue weighted by Gasteiger charge is -2.45. The van der Waals surface area contributed by atoms with E-state index in [9.17, 15) is 36.6 Å². The third kappa shape index (κ3) is 14.6. The van der Waals surface area contributed by atoms with Crippen LogP contribution in [0, 0.1) is 35.5 Å². The van der Waals surface area contributed by atoms with Gasteiger partial charge in [0.15, 0.2) is 0 Å². The molecule has 4 N–H and O–H groups in total. The summed E-state index contributed by atoms with van der Waals surface area (Å²) in [6.45, 7) is 26.0. The van der Waals surface area contributed by atoms with Gasteiger partial charge in [-0.05, 0) is 208 Å². The number of aryl methyl sites for hydroxylation is 2. The summed E-state index contributed by atoms with van der Waals surface area (Å²) >= 11 is 12.8. The maximum absolute atomic E-state index is 13.4. The van der Waals surface area contributed by atoms with Crippen molar-refractivity contribution in [1.29, 1.82) is 0 Å². The molecule has 2 aliphatic heterocycles. The second-order valence-electron chi connectivity index (χ2n) is 26.3. The summed E-state index contributed by atoms with van der Waals surface area (Å²) in [5, 5.41) is 21.6. The number of carbonyl (C=O) groups is 2. The molecule has 10 atom stereocenters. The molecule has 0 bridgehead atoms. The summed E-state index contributed by atoms with van der Waals surface area (Å²) in [5.41, 5.74) is 6.45. The number of aliphatic hydroxyl groups is 2. The average molecular weight is 1280 g/mol. The molecular formula is C70H90Cl2N4O10S2. The number of ether oxygens (including phenoxy) is 2. The van der Waals surface area contributed by atoms with E-state index < -0.39 is 54.6 Å². The van der Waals surface area contributed by atoms with E-state index in [2.05, 4.69) is 69.8 Å². The molecule has 2 amide bonds. The van der Waals surface area contributed by atoms with Crippen molar-refractivity contribution in [3.05, 3.63) is 167 Å². The van der Waals surface area contributed by atoms with Crippen molar-refractivity contribution in [2.24, 2.45) is 35.5 Å². The van der Waals surface area contributed by atoms with E-state index in [-0.39, 0.29) is 70.3 Å². The first-order chi connectivity index (χ1) is 41.9. The van der Waals surface area contributed by atoms with Crippen LogP contribution in [0.2, 0.25) is 10.0 Å². The van der Waals surface area contributed by atoms with Crippen LogP contribution in [0.1, 0.15) is 148 Å². The van der Waals surface area contributed by atoms with Gasteiger partial charge in [-0.3, -0.25) is 9.59 Å². The lowest BCUT2D eigenvalue weighted by Crippen LogP contribution is -2.49. The van der Waals surface area contributed by atoms with E-state index in [0.717, 1.165) is 85.6 Å². The first-order valence-electron chi connectivity index (χ1n) is 31.5. The molecule has 14 nitrogen and oxygen atoms in total. The quantitative estimate of drug-likeness (QED) is 0.0545. The number of sulfonamides is 2. The zero-order chi connectivity index (χ0) is 63.3. The highest BCUT2D eigenvalue weighted by Crippen LogP contribution is 2.49. The van der Waals surface area contributed by atoms with Crippen LogP contribution in [-0.4, -0.2) is 101 Å². The maximum atomic E-state index is 13.4. The zero-order valence-electron chi connectivity index (χ0n) is 51.6. The number of amides is 2. The van der Waals surface area contributed by atoms with Crippen LogP contribution in [0.5, 0.6) is 11.5 Å². The van der Waals surface area contributed by atoms with Gasteiger partial charge < -0.3 is 29.5 Å². The molecule has 0 radical (unpaired) electrons. The first kappa shape index (κ1) is 66.8. The van der Waals surface area contributed by atoms with E-state index in [1.54, 1.807) is 60.7 Å². The van der Waals surface area contributed by atoms with E-state index >= 15 is 0 Å². The summed E-state index contributed by atoms with van der Waals surface area (Å²) in [6, 6.07) is 22.6. The number of halogens is 2. The standard InChI is InChI=1S/2C35H45ClN2O5S/c2*1-5-8-31(39)28-14-11-26(28)20-38-21-35(17-7-10-24-18-27(36)13-15-29(24)35)22-43-32-16-12-25(19-30(32)38)34(40)37-44(41,42)33(9-6-2)23(3)4/h2*5-6,12-13,15-16,18-19,23,26,28,31,33,39H,1-2,7-11,14,17,20-22H2,3-4H3,(H,37,40)/t26-,28+,31-,33+,35-;26-,28+,31-,33-,35-/m00/s1. The van der Waals surface area contributed by atoms with Crippen molar-refractivity contribution in [3.63, 3.8) is 0 Å². The highest BCUT2D eigenvalue weighted by atomic mass is 35.5. The number of fused-ring (bicyclic) bond motifs is 6. The highest BCUT2D eigenvalue weighted by Gasteiger charge is 2.47. The molecule has 4 aromatic rings. The highest BCUT2D eigenvalue weighted by molar-refractivity contribution is 7.91. The van der Waals surface area contributed by atoms with Gasteiger partial charge in [-0.2, -0.15) is 0 Å². The Hall–Kier alpha value is -5.62. The minimum absolute atomic E-state index is 0.170. The second-order valence-corrected chi connectivity index (χ2v) is 31.0. The van der Waals surface area contributed by atoms with Crippen LogP contribution < -0.4 is 28.7 Å². The topological polar surface area (TPSA) is 192 Å². The van der Waals surface area contributed by atoms with Gasteiger partial charge in [-0.1, -0.05) is 87.3 Å². The van der Waals surface area contributed by atoms with Gasteiger partial charge in [-0.25, -0.2) is 26.3 Å². The predicted molar refractivity (Wildman–Crippen MR) is 354 cm³/mol. The lowest BCUT2D eigenvalue weighted by molar-refractivity contribution is 0.0176. The van der Waals surface area contributed by atoms with Crippen molar-refractivity contribution in [2.45, 2.75) is 151 Å². The van der Waals surface area contributed by atoms with Crippen molar-refractivity contribution in [3.8, 4) is 11.5 Å². The zero-order valence-corrected chi connectivity index (χ0v) is 54.8. The van der Waals surface area contributed by atoms with Gasteiger partial charge >= 0.3 is 0 Å². The summed E-state index contributed by atoms with van der Waals surface area (Å²) < 4.78 is 70.5. The molecule has 0 aromatic heterocycles. The monoisotopic (exact) mass is 1280 g/mol. The van der Waals surface area contributed by atoms with Gasteiger partial charge in [0.25, 0.3) is 11.8 Å². The Morgan fingerprint density at radius 1 is 0.591 bits per heavy atom. The van der Waals surface area contributed by atoms with Crippen LogP contribution in [-0.2, 0) is 43.7 Å². The van der Waals surface area contributed by atoms with E-state index in [1.165, 1.54) is 22.3 Å². The molecule has 0 saturated heterocycles. The Labute approximate surface area is 532 Å². The second kappa shape index (κ2) is 28.3. The summed E-state index contributed by atoms with van der Waals surface area (Å²) in [7, 11) is -7.86. The van der Waals surface area contributed by atoms with E-state index in [4.69, 9.17) is 32.7 Å². The van der Waals surface area contributed by atoms with Crippen molar-refractivity contribution >= 4 is 66.4 Å². The minimum atomic E-state index is -3.93. The maximum Gasteiger partial charge on any atom is 0.264 e. The SMILES string of the molecule is C=CC[C@H](C(C)C)S(=O)(=O)NC(=O)c1ccc2c(c1)N(C[C@@H]1CC[C@H]1[C@@H](O)CC=C)C[C@@]1(CCCc3cc(Cl)ccc31)CO2.C=CC[C@H](O)[C@@H]1CC[C@H]1CN1C[C@@]2(CCCc3cc(Cl)ccc32)COc2ccc(C(=O)NS(=O)(=O)[C@@H](CC=C)C(C)C)cc21. The number of nitrogens with zero attached hydrogens (tertiary/aromatic N) is 2. The van der Waals surface area contributed by atoms with Crippen LogP contribution >= 0.6 is 23.2 Å². The molecule has 4 aromatic carbocycles. The number of nitrogens with one attached hydrogen (secondary N) is 2. The molecule has 2 spiro atoms. The Kier molecular flexibility index (Phi) is 21.5. The molecule has 0 unspecified atom stereocenters. The third-order valence-electron chi connectivity index (χ3n) is 19.8. The van der Waals surface area contributed by atoms with Gasteiger partial charge in [-0.15, -0.1) is 26.3 Å². The largest absolute Gasteiger partial charge is 0.490 e. The fourth-order valence-corrected chi connectivity index (χ4v) is 18.5. The number of carbonyl (C=O) groups excluding carboxylic acids is 2. The van der Waals surface area contributed by atoms with Crippen LogP contribution in [0.3, 0.4) is 0 Å². The van der Waals surface area contributed by atoms with Gasteiger partial charge in [0, 0.05) is 58.2 Å². The fraction of sp³-hybridized carbons (Fsp3) is 0.514. The molecular weight excluding hydrogens is 1190 g/mol. The molecule has 2 saturated carbocycles.